The number of benzene rings is 1. The molecular formula is C12H13ClN2O. The van der Waals surface area contributed by atoms with E-state index in [0.717, 1.165) is 12.2 Å². The smallest absolute Gasteiger partial charge is 0.101 e. The summed E-state index contributed by atoms with van der Waals surface area (Å²) in [5.41, 5.74) is 1.57. The quantitative estimate of drug-likeness (QED) is 0.752. The SMILES string of the molecule is CC1COCCN1c1cc(Cl)ccc1C#N. The summed E-state index contributed by atoms with van der Waals surface area (Å²) in [6.07, 6.45) is 0. The van der Waals surface area contributed by atoms with E-state index in [0.29, 0.717) is 23.8 Å². The number of morpholine rings is 1. The van der Waals surface area contributed by atoms with Crippen molar-refractivity contribution >= 4 is 17.3 Å². The molecule has 0 saturated carbocycles. The van der Waals surface area contributed by atoms with E-state index in [1.165, 1.54) is 0 Å². The van der Waals surface area contributed by atoms with Crippen LogP contribution >= 0.6 is 11.6 Å². The zero-order chi connectivity index (χ0) is 11.5. The van der Waals surface area contributed by atoms with Gasteiger partial charge >= 0.3 is 0 Å². The van der Waals surface area contributed by atoms with Crippen molar-refractivity contribution in [3.8, 4) is 6.07 Å². The van der Waals surface area contributed by atoms with E-state index in [-0.39, 0.29) is 6.04 Å². The Morgan fingerprint density at radius 1 is 1.56 bits per heavy atom. The highest BCUT2D eigenvalue weighted by atomic mass is 35.5. The van der Waals surface area contributed by atoms with Gasteiger partial charge in [0.1, 0.15) is 6.07 Å². The van der Waals surface area contributed by atoms with Gasteiger partial charge in [-0.15, -0.1) is 0 Å². The van der Waals surface area contributed by atoms with Crippen LogP contribution in [0.25, 0.3) is 0 Å². The minimum Gasteiger partial charge on any atom is -0.377 e. The number of hydrogen-bond acceptors (Lipinski definition) is 3. The molecular weight excluding hydrogens is 224 g/mol. The van der Waals surface area contributed by atoms with E-state index in [9.17, 15) is 0 Å². The molecule has 1 unspecified atom stereocenters. The topological polar surface area (TPSA) is 36.3 Å². The molecule has 2 rings (SSSR count). The Morgan fingerprint density at radius 2 is 2.38 bits per heavy atom. The van der Waals surface area contributed by atoms with Crippen LogP contribution in [0.5, 0.6) is 0 Å². The van der Waals surface area contributed by atoms with Gasteiger partial charge in [-0.3, -0.25) is 0 Å². The number of nitrogens with zero attached hydrogens (tertiary/aromatic N) is 2. The molecule has 1 heterocycles. The molecule has 0 aliphatic carbocycles. The molecule has 84 valence electrons. The molecule has 1 aromatic rings. The molecule has 16 heavy (non-hydrogen) atoms. The number of rotatable bonds is 1. The fourth-order valence-corrected chi connectivity index (χ4v) is 2.09. The lowest BCUT2D eigenvalue weighted by atomic mass is 10.1. The van der Waals surface area contributed by atoms with Gasteiger partial charge in [-0.2, -0.15) is 5.26 Å². The molecule has 1 aliphatic rings. The van der Waals surface area contributed by atoms with Crippen molar-refractivity contribution in [3.63, 3.8) is 0 Å². The standard InChI is InChI=1S/C12H13ClN2O/c1-9-8-16-5-4-15(9)12-6-11(13)3-2-10(12)7-14/h2-3,6,9H,4-5,8H2,1H3. The lowest BCUT2D eigenvalue weighted by molar-refractivity contribution is 0.0989. The zero-order valence-corrected chi connectivity index (χ0v) is 9.87. The van der Waals surface area contributed by atoms with Gasteiger partial charge in [0.2, 0.25) is 0 Å². The molecule has 0 radical (unpaired) electrons. The van der Waals surface area contributed by atoms with E-state index < -0.39 is 0 Å². The maximum absolute atomic E-state index is 9.08. The van der Waals surface area contributed by atoms with Crippen LogP contribution in [0.4, 0.5) is 5.69 Å². The van der Waals surface area contributed by atoms with Crippen LogP contribution in [0.2, 0.25) is 5.02 Å². The lowest BCUT2D eigenvalue weighted by Gasteiger charge is -2.35. The summed E-state index contributed by atoms with van der Waals surface area (Å²) in [5, 5.41) is 9.74. The van der Waals surface area contributed by atoms with E-state index in [2.05, 4.69) is 17.9 Å². The Labute approximate surface area is 100 Å². The monoisotopic (exact) mass is 236 g/mol. The number of hydrogen-bond donors (Lipinski definition) is 0. The summed E-state index contributed by atoms with van der Waals surface area (Å²) in [6.45, 7) is 4.27. The van der Waals surface area contributed by atoms with Crippen LogP contribution in [0, 0.1) is 11.3 Å². The van der Waals surface area contributed by atoms with E-state index in [4.69, 9.17) is 21.6 Å². The summed E-state index contributed by atoms with van der Waals surface area (Å²) in [7, 11) is 0. The third-order valence-corrected chi connectivity index (χ3v) is 2.99. The third-order valence-electron chi connectivity index (χ3n) is 2.76. The molecule has 1 atom stereocenters. The van der Waals surface area contributed by atoms with Crippen LogP contribution in [-0.4, -0.2) is 25.8 Å². The molecule has 4 heteroatoms. The first-order valence-electron chi connectivity index (χ1n) is 5.26. The van der Waals surface area contributed by atoms with E-state index >= 15 is 0 Å². The van der Waals surface area contributed by atoms with Gasteiger partial charge in [0.15, 0.2) is 0 Å². The first-order valence-corrected chi connectivity index (χ1v) is 5.64. The Kier molecular flexibility index (Phi) is 3.33. The summed E-state index contributed by atoms with van der Waals surface area (Å²) in [6, 6.07) is 7.83. The lowest BCUT2D eigenvalue weighted by Crippen LogP contribution is -2.44. The van der Waals surface area contributed by atoms with Crippen molar-refractivity contribution in [2.24, 2.45) is 0 Å². The minimum absolute atomic E-state index is 0.277. The Hall–Kier alpha value is -1.24. The first-order chi connectivity index (χ1) is 7.72. The Balaban J connectivity index is 2.38. The highest BCUT2D eigenvalue weighted by Gasteiger charge is 2.21. The fraction of sp³-hybridized carbons (Fsp3) is 0.417. The molecule has 0 N–H and O–H groups in total. The van der Waals surface area contributed by atoms with Crippen molar-refractivity contribution < 1.29 is 4.74 Å². The number of halogens is 1. The van der Waals surface area contributed by atoms with Crippen molar-refractivity contribution in [1.29, 1.82) is 5.26 Å². The molecule has 1 aromatic carbocycles. The summed E-state index contributed by atoms with van der Waals surface area (Å²) >= 11 is 5.97. The second-order valence-corrected chi connectivity index (χ2v) is 4.33. The van der Waals surface area contributed by atoms with Gasteiger partial charge in [0.25, 0.3) is 0 Å². The first kappa shape index (κ1) is 11.3. The summed E-state index contributed by atoms with van der Waals surface area (Å²) in [4.78, 5) is 2.17. The van der Waals surface area contributed by atoms with Crippen molar-refractivity contribution in [2.75, 3.05) is 24.7 Å². The van der Waals surface area contributed by atoms with Gasteiger partial charge < -0.3 is 9.64 Å². The van der Waals surface area contributed by atoms with Gasteiger partial charge in [-0.1, -0.05) is 11.6 Å². The number of anilines is 1. The van der Waals surface area contributed by atoms with Gasteiger partial charge in [-0.05, 0) is 25.1 Å². The van der Waals surface area contributed by atoms with Crippen LogP contribution < -0.4 is 4.90 Å². The average Bonchev–Trinajstić information content (AvgIpc) is 2.29. The van der Waals surface area contributed by atoms with Crippen molar-refractivity contribution in [1.82, 2.24) is 0 Å². The minimum atomic E-state index is 0.277. The zero-order valence-electron chi connectivity index (χ0n) is 9.11. The fourth-order valence-electron chi connectivity index (χ4n) is 1.92. The van der Waals surface area contributed by atoms with Gasteiger partial charge in [0, 0.05) is 17.6 Å². The second kappa shape index (κ2) is 4.73. The molecule has 0 spiro atoms. The normalized spacial score (nSPS) is 20.6. The Morgan fingerprint density at radius 3 is 3.06 bits per heavy atom. The average molecular weight is 237 g/mol. The molecule has 1 saturated heterocycles. The highest BCUT2D eigenvalue weighted by molar-refractivity contribution is 6.30. The molecule has 0 amide bonds. The van der Waals surface area contributed by atoms with Crippen LogP contribution in [-0.2, 0) is 4.74 Å². The molecule has 1 fully saturated rings. The van der Waals surface area contributed by atoms with E-state index in [1.807, 2.05) is 6.07 Å². The molecule has 1 aliphatic heterocycles. The van der Waals surface area contributed by atoms with Crippen molar-refractivity contribution in [3.05, 3.63) is 28.8 Å². The third kappa shape index (κ3) is 2.13. The Bertz CT molecular complexity index is 428. The molecule has 0 aromatic heterocycles. The summed E-state index contributed by atoms with van der Waals surface area (Å²) < 4.78 is 5.38. The number of ether oxygens (including phenoxy) is 1. The van der Waals surface area contributed by atoms with Gasteiger partial charge in [0.05, 0.1) is 24.5 Å². The highest BCUT2D eigenvalue weighted by Crippen LogP contribution is 2.27. The summed E-state index contributed by atoms with van der Waals surface area (Å²) in [5.74, 6) is 0. The number of nitriles is 1. The van der Waals surface area contributed by atoms with Crippen molar-refractivity contribution in [2.45, 2.75) is 13.0 Å². The predicted octanol–water partition coefficient (Wildman–Crippen LogP) is 2.44. The maximum Gasteiger partial charge on any atom is 0.101 e. The maximum atomic E-state index is 9.08. The van der Waals surface area contributed by atoms with Crippen LogP contribution in [0.3, 0.4) is 0 Å². The van der Waals surface area contributed by atoms with E-state index in [1.54, 1.807) is 12.1 Å². The van der Waals surface area contributed by atoms with Crippen LogP contribution in [0.1, 0.15) is 12.5 Å². The molecule has 0 bridgehead atoms. The van der Waals surface area contributed by atoms with Crippen LogP contribution in [0.15, 0.2) is 18.2 Å². The predicted molar refractivity (Wildman–Crippen MR) is 63.8 cm³/mol. The van der Waals surface area contributed by atoms with Gasteiger partial charge in [-0.25, -0.2) is 0 Å². The second-order valence-electron chi connectivity index (χ2n) is 3.89. The largest absolute Gasteiger partial charge is 0.377 e. The molecule has 3 nitrogen and oxygen atoms in total.